The Kier molecular flexibility index (Phi) is 5.46. The van der Waals surface area contributed by atoms with E-state index in [1.165, 1.54) is 0 Å². The first-order valence-electron chi connectivity index (χ1n) is 8.76. The molecule has 0 saturated heterocycles. The summed E-state index contributed by atoms with van der Waals surface area (Å²) in [5.41, 5.74) is 2.12. The predicted octanol–water partition coefficient (Wildman–Crippen LogP) is 4.08. The van der Waals surface area contributed by atoms with Crippen LogP contribution in [0.4, 0.5) is 5.69 Å². The van der Waals surface area contributed by atoms with E-state index in [1.54, 1.807) is 47.0 Å². The molecule has 0 spiro atoms. The zero-order valence-corrected chi connectivity index (χ0v) is 16.2. The molecule has 7 heteroatoms. The molecular formula is C20H21ClN4O2. The highest BCUT2D eigenvalue weighted by atomic mass is 35.5. The van der Waals surface area contributed by atoms with Gasteiger partial charge in [-0.25, -0.2) is 4.98 Å². The summed E-state index contributed by atoms with van der Waals surface area (Å²) in [6.45, 7) is 5.73. The normalized spacial score (nSPS) is 12.0. The second kappa shape index (κ2) is 7.80. The molecule has 1 unspecified atom stereocenters. The number of anilines is 1. The third-order valence-electron chi connectivity index (χ3n) is 4.47. The minimum absolute atomic E-state index is 0.0138. The van der Waals surface area contributed by atoms with E-state index in [9.17, 15) is 9.59 Å². The van der Waals surface area contributed by atoms with Crippen molar-refractivity contribution in [2.24, 2.45) is 0 Å². The maximum atomic E-state index is 12.8. The number of aromatic nitrogens is 2. The van der Waals surface area contributed by atoms with E-state index in [1.807, 2.05) is 20.8 Å². The van der Waals surface area contributed by atoms with Gasteiger partial charge in [-0.15, -0.1) is 0 Å². The van der Waals surface area contributed by atoms with E-state index in [4.69, 9.17) is 11.6 Å². The van der Waals surface area contributed by atoms with E-state index in [0.717, 1.165) is 12.0 Å². The highest BCUT2D eigenvalue weighted by Crippen LogP contribution is 2.24. The second-order valence-corrected chi connectivity index (χ2v) is 6.80. The molecular weight excluding hydrogens is 364 g/mol. The molecule has 2 N–H and O–H groups in total. The summed E-state index contributed by atoms with van der Waals surface area (Å²) in [5.74, 6) is -0.533. The molecule has 3 rings (SSSR count). The van der Waals surface area contributed by atoms with Crippen LogP contribution in [0.15, 0.2) is 42.6 Å². The van der Waals surface area contributed by atoms with Crippen LogP contribution < -0.4 is 10.6 Å². The zero-order chi connectivity index (χ0) is 19.6. The van der Waals surface area contributed by atoms with Crippen molar-refractivity contribution in [3.8, 4) is 0 Å². The number of nitrogens with zero attached hydrogens (tertiary/aromatic N) is 2. The summed E-state index contributed by atoms with van der Waals surface area (Å²) in [6.07, 6.45) is 2.52. The molecule has 0 radical (unpaired) electrons. The first-order chi connectivity index (χ1) is 12.9. The predicted molar refractivity (Wildman–Crippen MR) is 107 cm³/mol. The van der Waals surface area contributed by atoms with Crippen LogP contribution in [0.2, 0.25) is 5.02 Å². The van der Waals surface area contributed by atoms with Crippen molar-refractivity contribution in [1.82, 2.24) is 14.7 Å². The minimum atomic E-state index is -0.397. The van der Waals surface area contributed by atoms with Gasteiger partial charge in [0.2, 0.25) is 5.82 Å². The van der Waals surface area contributed by atoms with Crippen molar-refractivity contribution >= 4 is 34.6 Å². The first-order valence-corrected chi connectivity index (χ1v) is 9.14. The first kappa shape index (κ1) is 18.9. The Bertz CT molecular complexity index is 1010. The summed E-state index contributed by atoms with van der Waals surface area (Å²) in [4.78, 5) is 29.8. The van der Waals surface area contributed by atoms with Gasteiger partial charge in [-0.3, -0.25) is 14.0 Å². The van der Waals surface area contributed by atoms with Crippen LogP contribution in [-0.4, -0.2) is 27.2 Å². The van der Waals surface area contributed by atoms with Crippen molar-refractivity contribution in [2.45, 2.75) is 33.2 Å². The molecule has 0 aliphatic rings. The Morgan fingerprint density at radius 3 is 2.70 bits per heavy atom. The van der Waals surface area contributed by atoms with Crippen LogP contribution in [0.25, 0.3) is 5.52 Å². The fourth-order valence-electron chi connectivity index (χ4n) is 2.68. The fraction of sp³-hybridized carbons (Fsp3) is 0.250. The number of carbonyl (C=O) groups excluding carboxylic acids is 2. The SMILES string of the molecule is CCC(C)NC(=O)c1nc(C(=O)Nc2cccc(Cl)c2C)c2ccccn12. The van der Waals surface area contributed by atoms with Crippen LogP contribution in [-0.2, 0) is 0 Å². The summed E-state index contributed by atoms with van der Waals surface area (Å²) in [5, 5.41) is 6.28. The Balaban J connectivity index is 1.98. The van der Waals surface area contributed by atoms with Crippen LogP contribution in [0.3, 0.4) is 0 Å². The van der Waals surface area contributed by atoms with Gasteiger partial charge in [-0.1, -0.05) is 30.7 Å². The van der Waals surface area contributed by atoms with E-state index < -0.39 is 5.91 Å². The molecule has 0 bridgehead atoms. The average molecular weight is 385 g/mol. The largest absolute Gasteiger partial charge is 0.347 e. The van der Waals surface area contributed by atoms with Crippen LogP contribution in [0.1, 0.15) is 46.9 Å². The number of hydrogen-bond acceptors (Lipinski definition) is 3. The molecule has 3 aromatic rings. The Labute approximate surface area is 162 Å². The average Bonchev–Trinajstić information content (AvgIpc) is 3.05. The third kappa shape index (κ3) is 3.80. The molecule has 6 nitrogen and oxygen atoms in total. The zero-order valence-electron chi connectivity index (χ0n) is 15.4. The Hall–Kier alpha value is -2.86. The number of fused-ring (bicyclic) bond motifs is 1. The van der Waals surface area contributed by atoms with Gasteiger partial charge >= 0.3 is 0 Å². The van der Waals surface area contributed by atoms with Crippen molar-refractivity contribution in [1.29, 1.82) is 0 Å². The quantitative estimate of drug-likeness (QED) is 0.696. The van der Waals surface area contributed by atoms with Gasteiger partial charge in [0.25, 0.3) is 11.8 Å². The summed E-state index contributed by atoms with van der Waals surface area (Å²) in [7, 11) is 0. The molecule has 0 aliphatic heterocycles. The summed E-state index contributed by atoms with van der Waals surface area (Å²) in [6, 6.07) is 10.7. The number of rotatable bonds is 5. The van der Waals surface area contributed by atoms with Gasteiger partial charge < -0.3 is 10.6 Å². The van der Waals surface area contributed by atoms with Gasteiger partial charge in [0.1, 0.15) is 0 Å². The number of imidazole rings is 1. The number of benzene rings is 1. The highest BCUT2D eigenvalue weighted by Gasteiger charge is 2.22. The molecule has 2 heterocycles. The van der Waals surface area contributed by atoms with Gasteiger partial charge in [-0.05, 0) is 50.1 Å². The molecule has 2 aromatic heterocycles. The molecule has 0 aliphatic carbocycles. The molecule has 27 heavy (non-hydrogen) atoms. The van der Waals surface area contributed by atoms with E-state index in [-0.39, 0.29) is 23.5 Å². The van der Waals surface area contributed by atoms with Crippen LogP contribution in [0, 0.1) is 6.92 Å². The lowest BCUT2D eigenvalue weighted by Gasteiger charge is -2.10. The Morgan fingerprint density at radius 2 is 1.96 bits per heavy atom. The van der Waals surface area contributed by atoms with E-state index >= 15 is 0 Å². The van der Waals surface area contributed by atoms with Crippen LogP contribution >= 0.6 is 11.6 Å². The monoisotopic (exact) mass is 384 g/mol. The number of hydrogen-bond donors (Lipinski definition) is 2. The van der Waals surface area contributed by atoms with Gasteiger partial charge in [0.15, 0.2) is 5.69 Å². The lowest BCUT2D eigenvalue weighted by atomic mass is 10.2. The number of nitrogens with one attached hydrogen (secondary N) is 2. The fourth-order valence-corrected chi connectivity index (χ4v) is 2.85. The number of carbonyl (C=O) groups is 2. The topological polar surface area (TPSA) is 75.5 Å². The number of amides is 2. The standard InChI is InChI=1S/C20H21ClN4O2/c1-4-12(2)22-20(27)18-24-17(16-10-5-6-11-25(16)18)19(26)23-15-9-7-8-14(21)13(15)3/h5-12H,4H2,1-3H3,(H,22,27)(H,23,26). The highest BCUT2D eigenvalue weighted by molar-refractivity contribution is 6.31. The number of halogens is 1. The van der Waals surface area contributed by atoms with Crippen LogP contribution in [0.5, 0.6) is 0 Å². The lowest BCUT2D eigenvalue weighted by molar-refractivity contribution is 0.0928. The van der Waals surface area contributed by atoms with E-state index in [2.05, 4.69) is 15.6 Å². The molecule has 2 amide bonds. The van der Waals surface area contributed by atoms with Crippen molar-refractivity contribution in [3.63, 3.8) is 0 Å². The summed E-state index contributed by atoms with van der Waals surface area (Å²) >= 11 is 6.12. The maximum absolute atomic E-state index is 12.8. The Morgan fingerprint density at radius 1 is 1.19 bits per heavy atom. The van der Waals surface area contributed by atoms with Crippen molar-refractivity contribution in [3.05, 3.63) is 64.7 Å². The second-order valence-electron chi connectivity index (χ2n) is 6.39. The number of pyridine rings is 1. The smallest absolute Gasteiger partial charge is 0.287 e. The molecule has 1 atom stereocenters. The maximum Gasteiger partial charge on any atom is 0.287 e. The van der Waals surface area contributed by atoms with E-state index in [0.29, 0.717) is 16.2 Å². The molecule has 140 valence electrons. The van der Waals surface area contributed by atoms with Gasteiger partial charge in [0.05, 0.1) is 5.52 Å². The van der Waals surface area contributed by atoms with Crippen molar-refractivity contribution < 1.29 is 9.59 Å². The molecule has 0 fully saturated rings. The molecule has 1 aromatic carbocycles. The minimum Gasteiger partial charge on any atom is -0.347 e. The third-order valence-corrected chi connectivity index (χ3v) is 4.88. The van der Waals surface area contributed by atoms with Gasteiger partial charge in [0, 0.05) is 22.9 Å². The van der Waals surface area contributed by atoms with Crippen molar-refractivity contribution in [2.75, 3.05) is 5.32 Å². The summed E-state index contributed by atoms with van der Waals surface area (Å²) < 4.78 is 1.62. The molecule has 0 saturated carbocycles. The lowest BCUT2D eigenvalue weighted by Crippen LogP contribution is -2.33. The van der Waals surface area contributed by atoms with Gasteiger partial charge in [-0.2, -0.15) is 0 Å².